The van der Waals surface area contributed by atoms with Gasteiger partial charge in [-0.25, -0.2) is 4.79 Å². The average molecular weight is 339 g/mol. The minimum absolute atomic E-state index is 0.266. The van der Waals surface area contributed by atoms with E-state index in [1.807, 2.05) is 24.3 Å². The third-order valence-electron chi connectivity index (χ3n) is 4.00. The summed E-state index contributed by atoms with van der Waals surface area (Å²) in [6.07, 6.45) is 1.33. The summed E-state index contributed by atoms with van der Waals surface area (Å²) in [6, 6.07) is 15.4. The van der Waals surface area contributed by atoms with E-state index in [1.54, 1.807) is 0 Å². The van der Waals surface area contributed by atoms with E-state index in [0.29, 0.717) is 5.92 Å². The van der Waals surface area contributed by atoms with Gasteiger partial charge in [-0.2, -0.15) is 0 Å². The fourth-order valence-electron chi connectivity index (χ4n) is 2.82. The highest BCUT2D eigenvalue weighted by molar-refractivity contribution is 5.82. The predicted octanol–water partition coefficient (Wildman–Crippen LogP) is 3.68. The summed E-state index contributed by atoms with van der Waals surface area (Å²) in [4.78, 5) is 22.3. The molecule has 0 fully saturated rings. The number of amides is 1. The molecule has 0 heterocycles. The number of hydrogen-bond donors (Lipinski definition) is 2. The second-order valence-electron chi connectivity index (χ2n) is 6.79. The number of carboxylic acids is 1. The van der Waals surface area contributed by atoms with Gasteiger partial charge >= 0.3 is 5.97 Å². The molecule has 2 N–H and O–H groups in total. The van der Waals surface area contributed by atoms with Crippen LogP contribution in [0.4, 0.5) is 0 Å². The van der Waals surface area contributed by atoms with Crippen LogP contribution in [0, 0.1) is 5.92 Å². The molecular formula is C21H25NO3. The number of carbonyl (C=O) groups excluding carboxylic acids is 1. The van der Waals surface area contributed by atoms with E-state index in [-0.39, 0.29) is 12.3 Å². The first-order chi connectivity index (χ1) is 11.8. The van der Waals surface area contributed by atoms with Crippen molar-refractivity contribution in [2.24, 2.45) is 5.92 Å². The summed E-state index contributed by atoms with van der Waals surface area (Å²) >= 11 is 0. The van der Waals surface area contributed by atoms with Gasteiger partial charge in [0.2, 0.25) is 5.91 Å². The fraction of sp³-hybridized carbons (Fsp3) is 0.333. The van der Waals surface area contributed by atoms with E-state index in [9.17, 15) is 14.7 Å². The van der Waals surface area contributed by atoms with Crippen molar-refractivity contribution in [2.45, 2.75) is 39.7 Å². The van der Waals surface area contributed by atoms with E-state index in [4.69, 9.17) is 0 Å². The molecule has 0 aliphatic rings. The van der Waals surface area contributed by atoms with Gasteiger partial charge in [0, 0.05) is 13.3 Å². The van der Waals surface area contributed by atoms with Crippen LogP contribution in [0.5, 0.6) is 0 Å². The SMILES string of the molecule is CC(=O)N[C@@H](Cc1ccc(-c2ccc(CC(C)C)cc2)cc1)C(=O)O. The zero-order valence-corrected chi connectivity index (χ0v) is 15.0. The quantitative estimate of drug-likeness (QED) is 0.808. The molecule has 0 bridgehead atoms. The molecule has 1 atom stereocenters. The molecule has 4 heteroatoms. The number of hydrogen-bond acceptors (Lipinski definition) is 2. The van der Waals surface area contributed by atoms with Gasteiger partial charge in [0.05, 0.1) is 0 Å². The van der Waals surface area contributed by atoms with Crippen molar-refractivity contribution < 1.29 is 14.7 Å². The van der Waals surface area contributed by atoms with Crippen molar-refractivity contribution in [3.63, 3.8) is 0 Å². The topological polar surface area (TPSA) is 66.4 Å². The van der Waals surface area contributed by atoms with Gasteiger partial charge in [0.25, 0.3) is 0 Å². The molecule has 0 aliphatic heterocycles. The molecule has 132 valence electrons. The fourth-order valence-corrected chi connectivity index (χ4v) is 2.82. The summed E-state index contributed by atoms with van der Waals surface area (Å²) in [6.45, 7) is 5.73. The predicted molar refractivity (Wildman–Crippen MR) is 99.4 cm³/mol. The Hall–Kier alpha value is -2.62. The maximum atomic E-state index is 11.2. The number of nitrogens with one attached hydrogen (secondary N) is 1. The van der Waals surface area contributed by atoms with E-state index in [0.717, 1.165) is 23.1 Å². The monoisotopic (exact) mass is 339 g/mol. The van der Waals surface area contributed by atoms with E-state index in [2.05, 4.69) is 43.4 Å². The lowest BCUT2D eigenvalue weighted by Crippen LogP contribution is -2.41. The Bertz CT molecular complexity index is 718. The average Bonchev–Trinajstić information content (AvgIpc) is 2.55. The van der Waals surface area contributed by atoms with E-state index >= 15 is 0 Å². The Morgan fingerprint density at radius 3 is 1.68 bits per heavy atom. The van der Waals surface area contributed by atoms with Crippen LogP contribution in [-0.2, 0) is 22.4 Å². The number of carboxylic acid groups (broad SMARTS) is 1. The van der Waals surface area contributed by atoms with Gasteiger partial charge in [-0.15, -0.1) is 0 Å². The third kappa shape index (κ3) is 5.75. The van der Waals surface area contributed by atoms with Crippen LogP contribution in [0.15, 0.2) is 48.5 Å². The maximum absolute atomic E-state index is 11.2. The number of benzene rings is 2. The number of carbonyl (C=O) groups is 2. The normalized spacial score (nSPS) is 12.0. The van der Waals surface area contributed by atoms with Gasteiger partial charge in [-0.1, -0.05) is 62.4 Å². The summed E-state index contributed by atoms with van der Waals surface area (Å²) in [5.41, 5.74) is 4.43. The Morgan fingerprint density at radius 2 is 1.32 bits per heavy atom. The highest BCUT2D eigenvalue weighted by atomic mass is 16.4. The molecule has 0 saturated heterocycles. The molecule has 2 aromatic carbocycles. The molecule has 0 spiro atoms. The van der Waals surface area contributed by atoms with Gasteiger partial charge in [-0.05, 0) is 34.6 Å². The Labute approximate surface area is 148 Å². The lowest BCUT2D eigenvalue weighted by molar-refractivity contribution is -0.141. The third-order valence-corrected chi connectivity index (χ3v) is 4.00. The van der Waals surface area contributed by atoms with Crippen molar-refractivity contribution >= 4 is 11.9 Å². The first-order valence-electron chi connectivity index (χ1n) is 8.53. The summed E-state index contributed by atoms with van der Waals surface area (Å²) < 4.78 is 0. The minimum atomic E-state index is -1.03. The number of rotatable bonds is 7. The molecule has 0 aromatic heterocycles. The molecule has 2 rings (SSSR count). The molecule has 2 aromatic rings. The molecule has 0 aliphatic carbocycles. The molecule has 25 heavy (non-hydrogen) atoms. The second-order valence-corrected chi connectivity index (χ2v) is 6.79. The minimum Gasteiger partial charge on any atom is -0.480 e. The maximum Gasteiger partial charge on any atom is 0.326 e. The van der Waals surface area contributed by atoms with Crippen LogP contribution in [-0.4, -0.2) is 23.0 Å². The summed E-state index contributed by atoms with van der Waals surface area (Å²) in [7, 11) is 0. The van der Waals surface area contributed by atoms with E-state index < -0.39 is 12.0 Å². The lowest BCUT2D eigenvalue weighted by atomic mass is 9.97. The van der Waals surface area contributed by atoms with Gasteiger partial charge in [0.15, 0.2) is 0 Å². The summed E-state index contributed by atoms with van der Waals surface area (Å²) in [5, 5.41) is 11.6. The van der Waals surface area contributed by atoms with Crippen LogP contribution < -0.4 is 5.32 Å². The lowest BCUT2D eigenvalue weighted by Gasteiger charge is -2.13. The van der Waals surface area contributed by atoms with Gasteiger partial charge in [0.1, 0.15) is 6.04 Å². The van der Waals surface area contributed by atoms with E-state index in [1.165, 1.54) is 12.5 Å². The Balaban J connectivity index is 2.08. The Kier molecular flexibility index (Phi) is 6.34. The Morgan fingerprint density at radius 1 is 0.880 bits per heavy atom. The first kappa shape index (κ1) is 18.7. The molecule has 4 nitrogen and oxygen atoms in total. The number of aliphatic carboxylic acids is 1. The second kappa shape index (κ2) is 8.47. The highest BCUT2D eigenvalue weighted by Gasteiger charge is 2.18. The smallest absolute Gasteiger partial charge is 0.326 e. The van der Waals surface area contributed by atoms with Crippen molar-refractivity contribution in [3.8, 4) is 11.1 Å². The highest BCUT2D eigenvalue weighted by Crippen LogP contribution is 2.21. The summed E-state index contributed by atoms with van der Waals surface area (Å²) in [5.74, 6) is -0.735. The van der Waals surface area contributed by atoms with Crippen molar-refractivity contribution in [2.75, 3.05) is 0 Å². The zero-order valence-electron chi connectivity index (χ0n) is 15.0. The van der Waals surface area contributed by atoms with Crippen LogP contribution >= 0.6 is 0 Å². The standard InChI is InChI=1S/C21H25NO3/c1-14(2)12-16-4-8-18(9-5-16)19-10-6-17(7-11-19)13-20(21(24)25)22-15(3)23/h4-11,14,20H,12-13H2,1-3H3,(H,22,23)(H,24,25)/t20-/m0/s1. The van der Waals surface area contributed by atoms with Gasteiger partial charge < -0.3 is 10.4 Å². The van der Waals surface area contributed by atoms with Crippen molar-refractivity contribution in [1.82, 2.24) is 5.32 Å². The van der Waals surface area contributed by atoms with Gasteiger partial charge in [-0.3, -0.25) is 4.79 Å². The van der Waals surface area contributed by atoms with Crippen LogP contribution in [0.25, 0.3) is 11.1 Å². The molecular weight excluding hydrogens is 314 g/mol. The van der Waals surface area contributed by atoms with Crippen LogP contribution in [0.1, 0.15) is 31.9 Å². The largest absolute Gasteiger partial charge is 0.480 e. The zero-order chi connectivity index (χ0) is 18.4. The first-order valence-corrected chi connectivity index (χ1v) is 8.53. The molecule has 0 saturated carbocycles. The van der Waals surface area contributed by atoms with Crippen molar-refractivity contribution in [1.29, 1.82) is 0 Å². The van der Waals surface area contributed by atoms with Crippen LogP contribution in [0.2, 0.25) is 0 Å². The molecule has 1 amide bonds. The molecule has 0 unspecified atom stereocenters. The molecule has 0 radical (unpaired) electrons. The van der Waals surface area contributed by atoms with Crippen LogP contribution in [0.3, 0.4) is 0 Å². The van der Waals surface area contributed by atoms with Crippen molar-refractivity contribution in [3.05, 3.63) is 59.7 Å².